The first-order chi connectivity index (χ1) is 10.3. The van der Waals surface area contributed by atoms with Gasteiger partial charge in [-0.1, -0.05) is 11.6 Å². The molecule has 1 aromatic carbocycles. The summed E-state index contributed by atoms with van der Waals surface area (Å²) in [5.41, 5.74) is -0.760. The lowest BCUT2D eigenvalue weighted by atomic mass is 10.3. The minimum Gasteiger partial charge on any atom is -0.508 e. The van der Waals surface area contributed by atoms with E-state index in [4.69, 9.17) is 11.6 Å². The number of nitrogens with zero attached hydrogens (tertiary/aromatic N) is 2. The summed E-state index contributed by atoms with van der Waals surface area (Å²) in [6, 6.07) is 4.83. The van der Waals surface area contributed by atoms with Crippen molar-refractivity contribution >= 4 is 29.1 Å². The van der Waals surface area contributed by atoms with E-state index >= 15 is 0 Å². The molecule has 0 saturated heterocycles. The van der Waals surface area contributed by atoms with E-state index in [2.05, 4.69) is 20.6 Å². The normalized spacial score (nSPS) is 11.3. The Morgan fingerprint density at radius 1 is 1.23 bits per heavy atom. The van der Waals surface area contributed by atoms with Crippen LogP contribution in [0.5, 0.6) is 5.75 Å². The topological polar surface area (TPSA) is 70.1 Å². The molecule has 0 unspecified atom stereocenters. The van der Waals surface area contributed by atoms with Gasteiger partial charge in [0.25, 0.3) is 0 Å². The Labute approximate surface area is 129 Å². The second-order valence-electron chi connectivity index (χ2n) is 4.28. The number of rotatable bonds is 4. The molecule has 118 valence electrons. The van der Waals surface area contributed by atoms with Crippen LogP contribution >= 0.6 is 11.6 Å². The number of hydrogen-bond acceptors (Lipinski definition) is 5. The summed E-state index contributed by atoms with van der Waals surface area (Å²) >= 11 is 5.91. The number of benzene rings is 1. The summed E-state index contributed by atoms with van der Waals surface area (Å²) < 4.78 is 38.6. The Morgan fingerprint density at radius 3 is 2.55 bits per heavy atom. The lowest BCUT2D eigenvalue weighted by molar-refractivity contribution is -0.141. The summed E-state index contributed by atoms with van der Waals surface area (Å²) in [6.07, 6.45) is -4.59. The third-order valence-corrected chi connectivity index (χ3v) is 2.88. The van der Waals surface area contributed by atoms with Gasteiger partial charge < -0.3 is 15.7 Å². The Bertz CT molecular complexity index is 679. The Balaban J connectivity index is 2.39. The number of anilines is 3. The molecule has 1 aromatic heterocycles. The summed E-state index contributed by atoms with van der Waals surface area (Å²) in [6.45, 7) is 2.09. The van der Waals surface area contributed by atoms with Crippen LogP contribution in [0.2, 0.25) is 5.02 Å². The highest BCUT2D eigenvalue weighted by atomic mass is 35.5. The molecule has 0 aliphatic heterocycles. The maximum atomic E-state index is 12.9. The molecule has 0 fully saturated rings. The SMILES string of the molecule is CCNc1nc(Nc2ccc(O)cc2Cl)cc(C(F)(F)F)n1. The number of aromatic hydroxyl groups is 1. The van der Waals surface area contributed by atoms with Crippen molar-refractivity contribution in [3.63, 3.8) is 0 Å². The van der Waals surface area contributed by atoms with E-state index < -0.39 is 11.9 Å². The van der Waals surface area contributed by atoms with Crippen LogP contribution in [0.3, 0.4) is 0 Å². The first-order valence-corrected chi connectivity index (χ1v) is 6.63. The van der Waals surface area contributed by atoms with Gasteiger partial charge >= 0.3 is 6.18 Å². The molecule has 2 rings (SSSR count). The van der Waals surface area contributed by atoms with Gasteiger partial charge in [-0.15, -0.1) is 0 Å². The van der Waals surface area contributed by atoms with E-state index in [0.717, 1.165) is 6.07 Å². The highest BCUT2D eigenvalue weighted by molar-refractivity contribution is 6.33. The van der Waals surface area contributed by atoms with Gasteiger partial charge in [0.2, 0.25) is 5.95 Å². The van der Waals surface area contributed by atoms with Crippen molar-refractivity contribution in [2.75, 3.05) is 17.2 Å². The van der Waals surface area contributed by atoms with E-state index in [0.29, 0.717) is 12.2 Å². The summed E-state index contributed by atoms with van der Waals surface area (Å²) in [7, 11) is 0. The Hall–Kier alpha value is -2.22. The summed E-state index contributed by atoms with van der Waals surface area (Å²) in [4.78, 5) is 7.35. The molecule has 0 atom stereocenters. The predicted octanol–water partition coefficient (Wildman–Crippen LogP) is 4.03. The van der Waals surface area contributed by atoms with Crippen LogP contribution in [0.1, 0.15) is 12.6 Å². The van der Waals surface area contributed by atoms with Gasteiger partial charge in [-0.05, 0) is 19.1 Å². The lowest BCUT2D eigenvalue weighted by Crippen LogP contribution is -2.13. The molecule has 9 heteroatoms. The zero-order valence-electron chi connectivity index (χ0n) is 11.4. The predicted molar refractivity (Wildman–Crippen MR) is 77.6 cm³/mol. The summed E-state index contributed by atoms with van der Waals surface area (Å²) in [5.74, 6) is -0.261. The number of phenolic OH excluding ortho intramolecular Hbond substituents is 1. The van der Waals surface area contributed by atoms with Crippen LogP contribution in [0.15, 0.2) is 24.3 Å². The van der Waals surface area contributed by atoms with E-state index in [1.54, 1.807) is 6.92 Å². The molecule has 0 bridgehead atoms. The molecule has 0 radical (unpaired) electrons. The smallest absolute Gasteiger partial charge is 0.433 e. The quantitative estimate of drug-likeness (QED) is 0.737. The molecule has 22 heavy (non-hydrogen) atoms. The van der Waals surface area contributed by atoms with Gasteiger partial charge in [-0.25, -0.2) is 4.98 Å². The first kappa shape index (κ1) is 16.2. The van der Waals surface area contributed by atoms with E-state index in [9.17, 15) is 18.3 Å². The zero-order valence-corrected chi connectivity index (χ0v) is 12.1. The van der Waals surface area contributed by atoms with Crippen LogP contribution in [0.4, 0.5) is 30.6 Å². The molecule has 2 aromatic rings. The van der Waals surface area contributed by atoms with Crippen molar-refractivity contribution in [2.45, 2.75) is 13.1 Å². The Kier molecular flexibility index (Phi) is 4.60. The maximum Gasteiger partial charge on any atom is 0.433 e. The number of alkyl halides is 3. The van der Waals surface area contributed by atoms with Crippen LogP contribution in [0, 0.1) is 0 Å². The average Bonchev–Trinajstić information content (AvgIpc) is 2.41. The highest BCUT2D eigenvalue weighted by Gasteiger charge is 2.33. The largest absolute Gasteiger partial charge is 0.508 e. The minimum atomic E-state index is -4.59. The zero-order chi connectivity index (χ0) is 16.3. The van der Waals surface area contributed by atoms with Gasteiger partial charge in [0, 0.05) is 18.7 Å². The van der Waals surface area contributed by atoms with Crippen molar-refractivity contribution in [1.29, 1.82) is 0 Å². The van der Waals surface area contributed by atoms with Crippen molar-refractivity contribution < 1.29 is 18.3 Å². The van der Waals surface area contributed by atoms with Crippen LogP contribution < -0.4 is 10.6 Å². The number of phenols is 1. The van der Waals surface area contributed by atoms with Gasteiger partial charge in [-0.3, -0.25) is 0 Å². The third kappa shape index (κ3) is 3.91. The van der Waals surface area contributed by atoms with Crippen molar-refractivity contribution in [3.05, 3.63) is 35.0 Å². The number of halogens is 4. The molecular weight excluding hydrogens is 321 g/mol. The average molecular weight is 333 g/mol. The van der Waals surface area contributed by atoms with Crippen LogP contribution in [-0.4, -0.2) is 21.6 Å². The van der Waals surface area contributed by atoms with Crippen molar-refractivity contribution in [3.8, 4) is 5.75 Å². The molecule has 0 aliphatic rings. The fourth-order valence-corrected chi connectivity index (χ4v) is 1.86. The van der Waals surface area contributed by atoms with Crippen LogP contribution in [0.25, 0.3) is 0 Å². The number of nitrogens with one attached hydrogen (secondary N) is 2. The van der Waals surface area contributed by atoms with Gasteiger partial charge in [-0.2, -0.15) is 18.2 Å². The fourth-order valence-electron chi connectivity index (χ4n) is 1.64. The van der Waals surface area contributed by atoms with E-state index in [-0.39, 0.29) is 22.5 Å². The highest BCUT2D eigenvalue weighted by Crippen LogP contribution is 2.32. The fraction of sp³-hybridized carbons (Fsp3) is 0.231. The third-order valence-electron chi connectivity index (χ3n) is 2.57. The minimum absolute atomic E-state index is 0.0532. The standard InChI is InChI=1S/C13H12ClF3N4O/c1-2-18-12-20-10(13(15,16)17)6-11(21-12)19-9-4-3-7(22)5-8(9)14/h3-6,22H,2H2,1H3,(H2,18,19,20,21). The first-order valence-electron chi connectivity index (χ1n) is 6.25. The van der Waals surface area contributed by atoms with Gasteiger partial charge in [0.05, 0.1) is 10.7 Å². The van der Waals surface area contributed by atoms with Crippen molar-refractivity contribution in [1.82, 2.24) is 9.97 Å². The number of aromatic nitrogens is 2. The monoisotopic (exact) mass is 332 g/mol. The summed E-state index contributed by atoms with van der Waals surface area (Å²) in [5, 5.41) is 14.7. The van der Waals surface area contributed by atoms with Crippen molar-refractivity contribution in [2.24, 2.45) is 0 Å². The molecular formula is C13H12ClF3N4O. The van der Waals surface area contributed by atoms with Crippen LogP contribution in [-0.2, 0) is 6.18 Å². The van der Waals surface area contributed by atoms with E-state index in [1.807, 2.05) is 0 Å². The molecule has 0 saturated carbocycles. The second-order valence-corrected chi connectivity index (χ2v) is 4.69. The molecule has 0 spiro atoms. The lowest BCUT2D eigenvalue weighted by Gasteiger charge is -2.13. The Morgan fingerprint density at radius 2 is 1.95 bits per heavy atom. The van der Waals surface area contributed by atoms with Gasteiger partial charge in [0.1, 0.15) is 11.6 Å². The number of hydrogen-bond donors (Lipinski definition) is 3. The molecule has 0 amide bonds. The molecule has 0 aliphatic carbocycles. The molecule has 3 N–H and O–H groups in total. The second kappa shape index (κ2) is 6.27. The van der Waals surface area contributed by atoms with E-state index in [1.165, 1.54) is 18.2 Å². The molecule has 5 nitrogen and oxygen atoms in total. The molecule has 1 heterocycles. The maximum absolute atomic E-state index is 12.9. The van der Waals surface area contributed by atoms with Gasteiger partial charge in [0.15, 0.2) is 5.69 Å².